The molecule has 0 aromatic rings. The number of hydrogen-bond donors (Lipinski definition) is 2. The number of carbonyl (C=O) groups is 2. The highest BCUT2D eigenvalue weighted by atomic mass is 16.3. The Balaban J connectivity index is 1.55. The highest BCUT2D eigenvalue weighted by Gasteiger charge is 2.63. The Morgan fingerprint density at radius 1 is 0.844 bits per heavy atom. The molecule has 4 aliphatic carbocycles. The largest absolute Gasteiger partial charge is 0.390 e. The van der Waals surface area contributed by atoms with Crippen LogP contribution in [0, 0.1) is 58.2 Å². The molecule has 4 aliphatic rings. The Morgan fingerprint density at radius 2 is 1.50 bits per heavy atom. The van der Waals surface area contributed by atoms with Crippen LogP contribution >= 0.6 is 0 Å². The van der Waals surface area contributed by atoms with Gasteiger partial charge in [-0.3, -0.25) is 9.59 Å². The van der Waals surface area contributed by atoms with Gasteiger partial charge in [0.1, 0.15) is 11.6 Å². The van der Waals surface area contributed by atoms with Gasteiger partial charge in [0.15, 0.2) is 0 Å². The lowest BCUT2D eigenvalue weighted by molar-refractivity contribution is -0.160. The fourth-order valence-electron chi connectivity index (χ4n) is 9.00. The molecule has 0 saturated heterocycles. The van der Waals surface area contributed by atoms with Gasteiger partial charge in [-0.2, -0.15) is 0 Å². The van der Waals surface area contributed by atoms with E-state index in [-0.39, 0.29) is 34.4 Å². The van der Waals surface area contributed by atoms with Crippen molar-refractivity contribution in [1.82, 2.24) is 0 Å². The summed E-state index contributed by atoms with van der Waals surface area (Å²) in [6.07, 6.45) is 5.73. The third-order valence-electron chi connectivity index (χ3n) is 11.5. The maximum Gasteiger partial charge on any atom is 0.137 e. The zero-order valence-corrected chi connectivity index (χ0v) is 21.1. The van der Waals surface area contributed by atoms with Crippen molar-refractivity contribution in [3.8, 4) is 0 Å². The van der Waals surface area contributed by atoms with Crippen molar-refractivity contribution >= 4 is 11.6 Å². The van der Waals surface area contributed by atoms with Crippen LogP contribution < -0.4 is 0 Å². The molecule has 2 N–H and O–H groups in total. The number of fused-ring (bicyclic) bond motifs is 5. The quantitative estimate of drug-likeness (QED) is 0.620. The van der Waals surface area contributed by atoms with Gasteiger partial charge in [0, 0.05) is 25.2 Å². The van der Waals surface area contributed by atoms with E-state index < -0.39 is 12.2 Å². The van der Waals surface area contributed by atoms with Gasteiger partial charge in [-0.25, -0.2) is 0 Å². The lowest BCUT2D eigenvalue weighted by Gasteiger charge is -2.60. The van der Waals surface area contributed by atoms with Gasteiger partial charge in [0.05, 0.1) is 12.2 Å². The van der Waals surface area contributed by atoms with Gasteiger partial charge in [-0.1, -0.05) is 41.5 Å². The van der Waals surface area contributed by atoms with Crippen LogP contribution in [0.25, 0.3) is 0 Å². The van der Waals surface area contributed by atoms with Crippen LogP contribution in [-0.4, -0.2) is 34.0 Å². The lowest BCUT2D eigenvalue weighted by atomic mass is 9.44. The second-order valence-electron chi connectivity index (χ2n) is 13.0. The predicted octanol–water partition coefficient (Wildman–Crippen LogP) is 5.04. The summed E-state index contributed by atoms with van der Waals surface area (Å²) in [6.45, 7) is 13.1. The Morgan fingerprint density at radius 3 is 2.16 bits per heavy atom. The molecule has 1 unspecified atom stereocenters. The fraction of sp³-hybridized carbons (Fsp3) is 0.929. The SMILES string of the molecule is CC(C)[C@H](C)[C@@H](O)[C@H](O)[C@@H](C)[C@H]1CCC2[C@@H]3CC(=O)[C@H]4CC(=O)CC[C@]4(C)[C@H]3CC[C@@]21C. The van der Waals surface area contributed by atoms with Crippen molar-refractivity contribution in [2.24, 2.45) is 58.2 Å². The second kappa shape index (κ2) is 8.48. The molecule has 32 heavy (non-hydrogen) atoms. The number of carbonyl (C=O) groups excluding carboxylic acids is 2. The Bertz CT molecular complexity index is 746. The van der Waals surface area contributed by atoms with Crippen LogP contribution in [0.3, 0.4) is 0 Å². The second-order valence-corrected chi connectivity index (χ2v) is 13.0. The minimum atomic E-state index is -0.704. The van der Waals surface area contributed by atoms with Crippen LogP contribution in [0.15, 0.2) is 0 Å². The number of rotatable bonds is 5. The first-order valence-corrected chi connectivity index (χ1v) is 13.3. The van der Waals surface area contributed by atoms with Crippen molar-refractivity contribution in [3.05, 3.63) is 0 Å². The minimum Gasteiger partial charge on any atom is -0.390 e. The molecule has 4 fully saturated rings. The van der Waals surface area contributed by atoms with E-state index in [0.717, 1.165) is 32.1 Å². The van der Waals surface area contributed by atoms with Crippen LogP contribution in [0.4, 0.5) is 0 Å². The smallest absolute Gasteiger partial charge is 0.137 e. The molecular formula is C28H46O4. The topological polar surface area (TPSA) is 74.6 Å². The van der Waals surface area contributed by atoms with Crippen LogP contribution in [0.2, 0.25) is 0 Å². The molecular weight excluding hydrogens is 400 g/mol. The molecule has 0 aliphatic heterocycles. The first kappa shape index (κ1) is 24.4. The molecule has 0 amide bonds. The van der Waals surface area contributed by atoms with Crippen LogP contribution in [0.1, 0.15) is 92.9 Å². The summed E-state index contributed by atoms with van der Waals surface area (Å²) >= 11 is 0. The molecule has 4 heteroatoms. The van der Waals surface area contributed by atoms with Crippen molar-refractivity contribution in [2.45, 2.75) is 105 Å². The van der Waals surface area contributed by atoms with E-state index in [1.54, 1.807) is 0 Å². The minimum absolute atomic E-state index is 0.0126. The molecule has 4 saturated carbocycles. The molecule has 182 valence electrons. The summed E-state index contributed by atoms with van der Waals surface area (Å²) in [4.78, 5) is 25.4. The Hall–Kier alpha value is -0.740. The maximum absolute atomic E-state index is 13.3. The van der Waals surface area contributed by atoms with Crippen LogP contribution in [-0.2, 0) is 9.59 Å². The van der Waals surface area contributed by atoms with Crippen molar-refractivity contribution < 1.29 is 19.8 Å². The first-order valence-electron chi connectivity index (χ1n) is 13.3. The molecule has 0 radical (unpaired) electrons. The van der Waals surface area contributed by atoms with Crippen molar-refractivity contribution in [3.63, 3.8) is 0 Å². The summed E-state index contributed by atoms with van der Waals surface area (Å²) in [5.74, 6) is 2.86. The summed E-state index contributed by atoms with van der Waals surface area (Å²) in [7, 11) is 0. The van der Waals surface area contributed by atoms with E-state index in [9.17, 15) is 19.8 Å². The zero-order valence-electron chi connectivity index (χ0n) is 21.1. The molecule has 0 spiro atoms. The van der Waals surface area contributed by atoms with Crippen LogP contribution in [0.5, 0.6) is 0 Å². The van der Waals surface area contributed by atoms with Gasteiger partial charge >= 0.3 is 0 Å². The Labute approximate surface area is 194 Å². The molecule has 0 heterocycles. The lowest BCUT2D eigenvalue weighted by Crippen LogP contribution is -2.57. The van der Waals surface area contributed by atoms with Gasteiger partial charge in [0.25, 0.3) is 0 Å². The van der Waals surface area contributed by atoms with Crippen molar-refractivity contribution in [2.75, 3.05) is 0 Å². The van der Waals surface area contributed by atoms with E-state index >= 15 is 0 Å². The Kier molecular flexibility index (Phi) is 6.47. The zero-order chi connectivity index (χ0) is 23.6. The standard InChI is InChI=1S/C28H46O4/c1-15(2)16(3)25(31)26(32)17(4)20-7-8-21-19-14-24(30)23-13-18(29)9-11-28(23,6)22(19)10-12-27(20,21)5/h15-17,19-23,25-26,31-32H,7-14H2,1-6H3/t16-,17-,19-,20+,21?,22-,23+,25+,26+,27+,28+/m0/s1. The number of aliphatic hydroxyl groups excluding tert-OH is 2. The van der Waals surface area contributed by atoms with Gasteiger partial charge in [-0.05, 0) is 84.4 Å². The molecule has 4 rings (SSSR count). The third-order valence-corrected chi connectivity index (χ3v) is 11.5. The third kappa shape index (κ3) is 3.63. The van der Waals surface area contributed by atoms with E-state index in [1.165, 1.54) is 0 Å². The predicted molar refractivity (Wildman–Crippen MR) is 126 cm³/mol. The van der Waals surface area contributed by atoms with Gasteiger partial charge in [-0.15, -0.1) is 0 Å². The highest BCUT2D eigenvalue weighted by molar-refractivity contribution is 5.90. The normalized spacial score (nSPS) is 45.6. The summed E-state index contributed by atoms with van der Waals surface area (Å²) < 4.78 is 0. The maximum atomic E-state index is 13.3. The summed E-state index contributed by atoms with van der Waals surface area (Å²) in [6, 6.07) is 0. The molecule has 11 atom stereocenters. The van der Waals surface area contributed by atoms with Crippen molar-refractivity contribution in [1.29, 1.82) is 0 Å². The van der Waals surface area contributed by atoms with Gasteiger partial charge < -0.3 is 10.2 Å². The average molecular weight is 447 g/mol. The van der Waals surface area contributed by atoms with E-state index in [0.29, 0.717) is 54.6 Å². The fourth-order valence-corrected chi connectivity index (χ4v) is 9.00. The first-order chi connectivity index (χ1) is 14.9. The number of ketones is 2. The summed E-state index contributed by atoms with van der Waals surface area (Å²) in [5.41, 5.74) is 0.109. The number of Topliss-reactive ketones (excluding diaryl/α,β-unsaturated/α-hetero) is 2. The monoisotopic (exact) mass is 446 g/mol. The van der Waals surface area contributed by atoms with E-state index in [1.807, 2.05) is 6.92 Å². The number of hydrogen-bond acceptors (Lipinski definition) is 4. The molecule has 0 aromatic heterocycles. The van der Waals surface area contributed by atoms with E-state index in [2.05, 4.69) is 34.6 Å². The highest BCUT2D eigenvalue weighted by Crippen LogP contribution is 2.67. The summed E-state index contributed by atoms with van der Waals surface area (Å²) in [5, 5.41) is 22.0. The average Bonchev–Trinajstić information content (AvgIpc) is 3.10. The molecule has 0 bridgehead atoms. The number of aliphatic hydroxyl groups is 2. The van der Waals surface area contributed by atoms with E-state index in [4.69, 9.17) is 0 Å². The molecule has 4 nitrogen and oxygen atoms in total. The van der Waals surface area contributed by atoms with Gasteiger partial charge in [0.2, 0.25) is 0 Å². The molecule has 0 aromatic carbocycles.